The van der Waals surface area contributed by atoms with Crippen molar-refractivity contribution in [3.63, 3.8) is 0 Å². The molecule has 1 amide bonds. The highest BCUT2D eigenvalue weighted by molar-refractivity contribution is 5.95. The van der Waals surface area contributed by atoms with Gasteiger partial charge in [-0.2, -0.15) is 0 Å². The Kier molecular flexibility index (Phi) is 6.22. The molecule has 0 aliphatic heterocycles. The molecule has 0 heterocycles. The number of primary amides is 1. The summed E-state index contributed by atoms with van der Waals surface area (Å²) >= 11 is 0. The number of hydrogen-bond donors (Lipinski definition) is 1. The van der Waals surface area contributed by atoms with Crippen LogP contribution in [0.15, 0.2) is 42.5 Å². The molecule has 0 atom stereocenters. The van der Waals surface area contributed by atoms with Gasteiger partial charge in [-0.3, -0.25) is 4.79 Å². The van der Waals surface area contributed by atoms with E-state index in [0.717, 1.165) is 0 Å². The maximum absolute atomic E-state index is 11.3. The Hall–Kier alpha value is -2.23. The zero-order valence-electron chi connectivity index (χ0n) is 11.3. The number of carbonyl (C=O) groups is 1. The molecule has 1 aromatic rings. The van der Waals surface area contributed by atoms with Crippen LogP contribution in [0.4, 0.5) is 0 Å². The quantitative estimate of drug-likeness (QED) is 0.768. The van der Waals surface area contributed by atoms with Gasteiger partial charge in [0.2, 0.25) is 0 Å². The highest BCUT2D eigenvalue weighted by atomic mass is 16.5. The molecule has 0 bridgehead atoms. The van der Waals surface area contributed by atoms with Crippen molar-refractivity contribution < 1.29 is 14.3 Å². The van der Waals surface area contributed by atoms with Crippen LogP contribution >= 0.6 is 0 Å². The number of benzene rings is 1. The lowest BCUT2D eigenvalue weighted by Crippen LogP contribution is -2.13. The van der Waals surface area contributed by atoms with Crippen LogP contribution in [0, 0.1) is 0 Å². The van der Waals surface area contributed by atoms with Crippen molar-refractivity contribution in [2.24, 2.45) is 5.73 Å². The van der Waals surface area contributed by atoms with E-state index in [-0.39, 0.29) is 0 Å². The first-order chi connectivity index (χ1) is 9.19. The molecule has 1 rings (SSSR count). The minimum absolute atomic E-state index is 0.350. The van der Waals surface area contributed by atoms with E-state index in [1.165, 1.54) is 0 Å². The van der Waals surface area contributed by atoms with Crippen LogP contribution in [0.3, 0.4) is 0 Å². The van der Waals surface area contributed by atoms with Gasteiger partial charge in [0.05, 0.1) is 5.56 Å². The Morgan fingerprint density at radius 1 is 1.16 bits per heavy atom. The number of amides is 1. The zero-order valence-corrected chi connectivity index (χ0v) is 11.3. The second-order valence-electron chi connectivity index (χ2n) is 3.78. The summed E-state index contributed by atoms with van der Waals surface area (Å²) in [6, 6.07) is 4.98. The average Bonchev–Trinajstić information content (AvgIpc) is 2.39. The van der Waals surface area contributed by atoms with Crippen molar-refractivity contribution in [2.45, 2.75) is 13.8 Å². The standard InChI is InChI=1S/C15H19NO3/c1-3-5-9-18-12-7-8-13(15(16)17)14(11-12)19-10-6-4-2/h3-8,11H,9-10H2,1-2H3,(H2,16,17). The van der Waals surface area contributed by atoms with Gasteiger partial charge in [0.15, 0.2) is 0 Å². The van der Waals surface area contributed by atoms with Gasteiger partial charge < -0.3 is 15.2 Å². The Balaban J connectivity index is 2.87. The molecule has 19 heavy (non-hydrogen) atoms. The third-order valence-corrected chi connectivity index (χ3v) is 2.37. The van der Waals surface area contributed by atoms with Gasteiger partial charge in [0, 0.05) is 6.07 Å². The molecule has 0 fully saturated rings. The molecule has 0 radical (unpaired) electrons. The van der Waals surface area contributed by atoms with E-state index in [1.54, 1.807) is 18.2 Å². The number of ether oxygens (including phenoxy) is 2. The molecule has 4 nitrogen and oxygen atoms in total. The smallest absolute Gasteiger partial charge is 0.252 e. The number of nitrogens with two attached hydrogens (primary N) is 1. The van der Waals surface area contributed by atoms with Crippen LogP contribution in [-0.4, -0.2) is 19.1 Å². The zero-order chi connectivity index (χ0) is 14.1. The second kappa shape index (κ2) is 7.97. The molecule has 2 N–H and O–H groups in total. The van der Waals surface area contributed by atoms with Crippen LogP contribution in [0.2, 0.25) is 0 Å². The molecule has 0 aliphatic carbocycles. The van der Waals surface area contributed by atoms with Crippen LogP contribution in [0.1, 0.15) is 24.2 Å². The minimum Gasteiger partial charge on any atom is -0.489 e. The first-order valence-electron chi connectivity index (χ1n) is 6.10. The summed E-state index contributed by atoms with van der Waals surface area (Å²) in [7, 11) is 0. The van der Waals surface area contributed by atoms with Crippen molar-refractivity contribution in [1.82, 2.24) is 0 Å². The lowest BCUT2D eigenvalue weighted by atomic mass is 10.2. The second-order valence-corrected chi connectivity index (χ2v) is 3.78. The van der Waals surface area contributed by atoms with E-state index in [1.807, 2.05) is 38.2 Å². The van der Waals surface area contributed by atoms with Gasteiger partial charge in [0.25, 0.3) is 5.91 Å². The lowest BCUT2D eigenvalue weighted by Gasteiger charge is -2.10. The van der Waals surface area contributed by atoms with E-state index < -0.39 is 5.91 Å². The average molecular weight is 261 g/mol. The van der Waals surface area contributed by atoms with Crippen molar-refractivity contribution in [1.29, 1.82) is 0 Å². The van der Waals surface area contributed by atoms with E-state index in [4.69, 9.17) is 15.2 Å². The highest BCUT2D eigenvalue weighted by Crippen LogP contribution is 2.24. The third kappa shape index (κ3) is 4.87. The molecule has 0 unspecified atom stereocenters. The van der Waals surface area contributed by atoms with Gasteiger partial charge in [-0.1, -0.05) is 24.3 Å². The van der Waals surface area contributed by atoms with E-state index in [9.17, 15) is 4.79 Å². The summed E-state index contributed by atoms with van der Waals surface area (Å²) in [5, 5.41) is 0. The number of allylic oxidation sites excluding steroid dienone is 2. The summed E-state index contributed by atoms with van der Waals surface area (Å²) in [4.78, 5) is 11.3. The van der Waals surface area contributed by atoms with Crippen molar-refractivity contribution in [3.8, 4) is 11.5 Å². The lowest BCUT2D eigenvalue weighted by molar-refractivity contribution is 0.0997. The summed E-state index contributed by atoms with van der Waals surface area (Å²) in [6.45, 7) is 4.68. The van der Waals surface area contributed by atoms with Crippen molar-refractivity contribution >= 4 is 5.91 Å². The largest absolute Gasteiger partial charge is 0.489 e. The summed E-state index contributed by atoms with van der Waals surface area (Å²) in [5.41, 5.74) is 5.65. The minimum atomic E-state index is -0.518. The van der Waals surface area contributed by atoms with E-state index >= 15 is 0 Å². The van der Waals surface area contributed by atoms with Crippen LogP contribution < -0.4 is 15.2 Å². The fourth-order valence-electron chi connectivity index (χ4n) is 1.39. The van der Waals surface area contributed by atoms with Crippen LogP contribution in [0.25, 0.3) is 0 Å². The normalized spacial score (nSPS) is 11.1. The van der Waals surface area contributed by atoms with Gasteiger partial charge in [0.1, 0.15) is 24.7 Å². The molecule has 1 aromatic carbocycles. The van der Waals surface area contributed by atoms with Gasteiger partial charge in [-0.25, -0.2) is 0 Å². The Morgan fingerprint density at radius 2 is 1.79 bits per heavy atom. The molecule has 0 saturated heterocycles. The first-order valence-corrected chi connectivity index (χ1v) is 6.10. The fraction of sp³-hybridized carbons (Fsp3) is 0.267. The van der Waals surface area contributed by atoms with E-state index in [0.29, 0.717) is 30.3 Å². The SMILES string of the molecule is CC=CCOc1ccc(C(N)=O)c(OCC=CC)c1. The predicted molar refractivity (Wildman–Crippen MR) is 75.6 cm³/mol. The van der Waals surface area contributed by atoms with Crippen molar-refractivity contribution in [2.75, 3.05) is 13.2 Å². The van der Waals surface area contributed by atoms with Gasteiger partial charge >= 0.3 is 0 Å². The monoisotopic (exact) mass is 261 g/mol. The number of hydrogen-bond acceptors (Lipinski definition) is 3. The molecule has 4 heteroatoms. The first kappa shape index (κ1) is 14.8. The van der Waals surface area contributed by atoms with Crippen molar-refractivity contribution in [3.05, 3.63) is 48.1 Å². The molecule has 0 spiro atoms. The third-order valence-electron chi connectivity index (χ3n) is 2.37. The topological polar surface area (TPSA) is 61.5 Å². The fourth-order valence-corrected chi connectivity index (χ4v) is 1.39. The highest BCUT2D eigenvalue weighted by Gasteiger charge is 2.10. The number of carbonyl (C=O) groups excluding carboxylic acids is 1. The Morgan fingerprint density at radius 3 is 2.37 bits per heavy atom. The molecule has 0 aromatic heterocycles. The molecular formula is C15H19NO3. The maximum atomic E-state index is 11.3. The Labute approximate surface area is 113 Å². The van der Waals surface area contributed by atoms with Gasteiger partial charge in [-0.15, -0.1) is 0 Å². The van der Waals surface area contributed by atoms with E-state index in [2.05, 4.69) is 0 Å². The summed E-state index contributed by atoms with van der Waals surface area (Å²) in [6.07, 6.45) is 7.51. The molecule has 0 aliphatic rings. The predicted octanol–water partition coefficient (Wildman–Crippen LogP) is 2.70. The number of rotatable bonds is 7. The molecule has 0 saturated carbocycles. The van der Waals surface area contributed by atoms with Gasteiger partial charge in [-0.05, 0) is 26.0 Å². The maximum Gasteiger partial charge on any atom is 0.252 e. The van der Waals surface area contributed by atoms with Crippen LogP contribution in [0.5, 0.6) is 11.5 Å². The molecule has 102 valence electrons. The van der Waals surface area contributed by atoms with Crippen LogP contribution in [-0.2, 0) is 0 Å². The summed E-state index contributed by atoms with van der Waals surface area (Å²) < 4.78 is 11.0. The molecular weight excluding hydrogens is 242 g/mol. The summed E-state index contributed by atoms with van der Waals surface area (Å²) in [5.74, 6) is 0.553. The Bertz CT molecular complexity index is 478.